The molecule has 1 aliphatic carbocycles. The molecule has 4 rings (SSSR count). The number of halogens is 1. The van der Waals surface area contributed by atoms with Crippen LogP contribution in [0.3, 0.4) is 0 Å². The third kappa shape index (κ3) is 7.28. The van der Waals surface area contributed by atoms with Crippen LogP contribution in [-0.2, 0) is 26.2 Å². The predicted molar refractivity (Wildman–Crippen MR) is 157 cm³/mol. The molecular weight excluding hydrogens is 578 g/mol. The molecule has 1 aliphatic rings. The van der Waals surface area contributed by atoms with Crippen molar-refractivity contribution in [1.29, 1.82) is 0 Å². The minimum atomic E-state index is -4.07. The smallest absolute Gasteiger partial charge is 0.264 e. The van der Waals surface area contributed by atoms with E-state index in [4.69, 9.17) is 0 Å². The SMILES string of the molecule is Cc1cccc(N(CC(=O)N(Cc2cccc(Br)c2)C(C)C(=O)NC2CCCC2)S(=O)(=O)c2ccccc2)c1. The number of hydrogen-bond donors (Lipinski definition) is 1. The van der Waals surface area contributed by atoms with E-state index in [9.17, 15) is 18.0 Å². The maximum atomic E-state index is 14.0. The van der Waals surface area contributed by atoms with Gasteiger partial charge in [-0.15, -0.1) is 0 Å². The van der Waals surface area contributed by atoms with Gasteiger partial charge in [-0.2, -0.15) is 0 Å². The number of hydrogen-bond acceptors (Lipinski definition) is 4. The van der Waals surface area contributed by atoms with Crippen molar-refractivity contribution in [3.63, 3.8) is 0 Å². The van der Waals surface area contributed by atoms with Crippen molar-refractivity contribution in [2.45, 2.75) is 63.1 Å². The highest BCUT2D eigenvalue weighted by atomic mass is 79.9. The number of nitrogens with zero attached hydrogens (tertiary/aromatic N) is 2. The lowest BCUT2D eigenvalue weighted by atomic mass is 10.1. The lowest BCUT2D eigenvalue weighted by Gasteiger charge is -2.32. The van der Waals surface area contributed by atoms with Crippen molar-refractivity contribution in [1.82, 2.24) is 10.2 Å². The summed E-state index contributed by atoms with van der Waals surface area (Å²) in [5.41, 5.74) is 2.08. The maximum absolute atomic E-state index is 14.0. The fourth-order valence-corrected chi connectivity index (χ4v) is 6.71. The Morgan fingerprint density at radius 3 is 2.33 bits per heavy atom. The van der Waals surface area contributed by atoms with Crippen LogP contribution in [0.25, 0.3) is 0 Å². The van der Waals surface area contributed by atoms with Gasteiger partial charge in [-0.25, -0.2) is 8.42 Å². The van der Waals surface area contributed by atoms with E-state index in [-0.39, 0.29) is 23.4 Å². The van der Waals surface area contributed by atoms with E-state index in [1.54, 1.807) is 43.3 Å². The predicted octanol–water partition coefficient (Wildman–Crippen LogP) is 5.43. The summed E-state index contributed by atoms with van der Waals surface area (Å²) in [6, 6.07) is 21.9. The molecule has 1 fully saturated rings. The molecule has 206 valence electrons. The fourth-order valence-electron chi connectivity index (χ4n) is 4.84. The maximum Gasteiger partial charge on any atom is 0.264 e. The third-order valence-corrected chi connectivity index (χ3v) is 9.29. The summed E-state index contributed by atoms with van der Waals surface area (Å²) in [5, 5.41) is 3.09. The van der Waals surface area contributed by atoms with Crippen LogP contribution in [0.15, 0.2) is 88.2 Å². The number of sulfonamides is 1. The molecule has 0 aromatic heterocycles. The summed E-state index contributed by atoms with van der Waals surface area (Å²) in [4.78, 5) is 28.8. The van der Waals surface area contributed by atoms with Gasteiger partial charge < -0.3 is 10.2 Å². The van der Waals surface area contributed by atoms with Gasteiger partial charge in [-0.1, -0.05) is 71.2 Å². The second-order valence-corrected chi connectivity index (χ2v) is 12.8. The molecule has 2 amide bonds. The Morgan fingerprint density at radius 1 is 0.974 bits per heavy atom. The van der Waals surface area contributed by atoms with Crippen LogP contribution in [0, 0.1) is 6.92 Å². The van der Waals surface area contributed by atoms with E-state index in [2.05, 4.69) is 21.2 Å². The largest absolute Gasteiger partial charge is 0.352 e. The molecule has 0 spiro atoms. The zero-order chi connectivity index (χ0) is 28.0. The number of nitrogens with one attached hydrogen (secondary N) is 1. The van der Waals surface area contributed by atoms with Crippen LogP contribution >= 0.6 is 15.9 Å². The molecule has 0 heterocycles. The molecule has 0 aliphatic heterocycles. The van der Waals surface area contributed by atoms with Crippen molar-refractivity contribution < 1.29 is 18.0 Å². The highest BCUT2D eigenvalue weighted by Crippen LogP contribution is 2.26. The number of rotatable bonds is 10. The van der Waals surface area contributed by atoms with Gasteiger partial charge in [0.1, 0.15) is 12.6 Å². The van der Waals surface area contributed by atoms with E-state index in [0.717, 1.165) is 45.6 Å². The summed E-state index contributed by atoms with van der Waals surface area (Å²) in [6.07, 6.45) is 3.99. The summed E-state index contributed by atoms with van der Waals surface area (Å²) in [5.74, 6) is -0.705. The van der Waals surface area contributed by atoms with Crippen LogP contribution in [-0.4, -0.2) is 43.8 Å². The number of anilines is 1. The van der Waals surface area contributed by atoms with Crippen molar-refractivity contribution in [2.75, 3.05) is 10.8 Å². The van der Waals surface area contributed by atoms with Crippen molar-refractivity contribution in [3.05, 3.63) is 94.5 Å². The topological polar surface area (TPSA) is 86.8 Å². The number of carbonyl (C=O) groups excluding carboxylic acids is 2. The average molecular weight is 613 g/mol. The Morgan fingerprint density at radius 2 is 1.67 bits per heavy atom. The Balaban J connectivity index is 1.68. The van der Waals surface area contributed by atoms with Gasteiger partial charge in [0, 0.05) is 17.1 Å². The number of amides is 2. The van der Waals surface area contributed by atoms with Crippen LogP contribution < -0.4 is 9.62 Å². The Labute approximate surface area is 239 Å². The summed E-state index contributed by atoms with van der Waals surface area (Å²) < 4.78 is 29.6. The van der Waals surface area contributed by atoms with Gasteiger partial charge in [-0.3, -0.25) is 13.9 Å². The molecule has 1 saturated carbocycles. The highest BCUT2D eigenvalue weighted by Gasteiger charge is 2.33. The van der Waals surface area contributed by atoms with Gasteiger partial charge in [0.05, 0.1) is 10.6 Å². The lowest BCUT2D eigenvalue weighted by Crippen LogP contribution is -2.52. The normalized spacial score (nSPS) is 14.5. The molecule has 0 radical (unpaired) electrons. The van der Waals surface area contributed by atoms with E-state index in [0.29, 0.717) is 5.69 Å². The van der Waals surface area contributed by atoms with Crippen molar-refractivity contribution in [2.24, 2.45) is 0 Å². The third-order valence-electron chi connectivity index (χ3n) is 7.01. The summed E-state index contributed by atoms with van der Waals surface area (Å²) >= 11 is 3.47. The van der Waals surface area contributed by atoms with Gasteiger partial charge in [0.15, 0.2) is 0 Å². The standard InChI is InChI=1S/C30H34BrN3O4S/c1-22-10-8-15-27(18-22)34(39(37,38)28-16-4-3-5-17-28)21-29(35)33(20-24-11-9-12-25(31)19-24)23(2)30(36)32-26-13-6-7-14-26/h3-5,8-12,15-19,23,26H,6-7,13-14,20-21H2,1-2H3,(H,32,36). The molecule has 39 heavy (non-hydrogen) atoms. The Kier molecular flexibility index (Phi) is 9.45. The van der Waals surface area contributed by atoms with Crippen molar-refractivity contribution >= 4 is 43.5 Å². The molecule has 7 nitrogen and oxygen atoms in total. The number of carbonyl (C=O) groups is 2. The van der Waals surface area contributed by atoms with Gasteiger partial charge in [-0.05, 0) is 74.2 Å². The first-order valence-corrected chi connectivity index (χ1v) is 15.4. The lowest BCUT2D eigenvalue weighted by molar-refractivity contribution is -0.139. The minimum Gasteiger partial charge on any atom is -0.352 e. The molecule has 9 heteroatoms. The van der Waals surface area contributed by atoms with Crippen LogP contribution in [0.2, 0.25) is 0 Å². The van der Waals surface area contributed by atoms with Gasteiger partial charge in [0.2, 0.25) is 11.8 Å². The Hall–Kier alpha value is -3.17. The zero-order valence-electron chi connectivity index (χ0n) is 22.2. The first kappa shape index (κ1) is 28.8. The first-order valence-electron chi connectivity index (χ1n) is 13.1. The quantitative estimate of drug-likeness (QED) is 0.331. The molecule has 1 N–H and O–H groups in total. The molecule has 0 saturated heterocycles. The fraction of sp³-hybridized carbons (Fsp3) is 0.333. The van der Waals surface area contributed by atoms with Gasteiger partial charge >= 0.3 is 0 Å². The molecule has 3 aromatic carbocycles. The average Bonchev–Trinajstić information content (AvgIpc) is 3.43. The number of aryl methyl sites for hydroxylation is 1. The molecule has 3 aromatic rings. The number of benzene rings is 3. The van der Waals surface area contributed by atoms with Gasteiger partial charge in [0.25, 0.3) is 10.0 Å². The van der Waals surface area contributed by atoms with E-state index < -0.39 is 28.5 Å². The first-order chi connectivity index (χ1) is 18.6. The van der Waals surface area contributed by atoms with Crippen molar-refractivity contribution in [3.8, 4) is 0 Å². The monoisotopic (exact) mass is 611 g/mol. The van der Waals surface area contributed by atoms with Crippen LogP contribution in [0.4, 0.5) is 5.69 Å². The van der Waals surface area contributed by atoms with Crippen LogP contribution in [0.5, 0.6) is 0 Å². The molecule has 1 unspecified atom stereocenters. The molecule has 1 atom stereocenters. The van der Waals surface area contributed by atoms with E-state index in [1.165, 1.54) is 17.0 Å². The van der Waals surface area contributed by atoms with Crippen LogP contribution in [0.1, 0.15) is 43.7 Å². The second-order valence-electron chi connectivity index (χ2n) is 9.98. The van der Waals surface area contributed by atoms with E-state index >= 15 is 0 Å². The highest BCUT2D eigenvalue weighted by molar-refractivity contribution is 9.10. The Bertz CT molecular complexity index is 1410. The molecular formula is C30H34BrN3O4S. The van der Waals surface area contributed by atoms with E-state index in [1.807, 2.05) is 37.3 Å². The molecule has 0 bridgehead atoms. The summed E-state index contributed by atoms with van der Waals surface area (Å²) in [6.45, 7) is 3.27. The second kappa shape index (κ2) is 12.8. The summed E-state index contributed by atoms with van der Waals surface area (Å²) in [7, 11) is -4.07. The minimum absolute atomic E-state index is 0.0878. The zero-order valence-corrected chi connectivity index (χ0v) is 24.6.